The number of thioether (sulfide) groups is 1. The Kier molecular flexibility index (Phi) is 4.24. The van der Waals surface area contributed by atoms with E-state index in [-0.39, 0.29) is 18.3 Å². The molecule has 0 spiro atoms. The number of β-amino-alcohol motifs (C(OH)–C–C–N with tert-alkyl or cyclic N) is 1. The van der Waals surface area contributed by atoms with Crippen molar-refractivity contribution in [3.05, 3.63) is 0 Å². The molecule has 0 aliphatic carbocycles. The summed E-state index contributed by atoms with van der Waals surface area (Å²) in [6, 6.07) is -0.0715. The lowest BCUT2D eigenvalue weighted by Crippen LogP contribution is -2.45. The van der Waals surface area contributed by atoms with Gasteiger partial charge in [-0.05, 0) is 13.8 Å². The third-order valence-corrected chi connectivity index (χ3v) is 5.50. The summed E-state index contributed by atoms with van der Waals surface area (Å²) < 4.78 is 24.9. The fourth-order valence-corrected chi connectivity index (χ4v) is 4.54. The number of rotatable bonds is 1. The van der Waals surface area contributed by atoms with Gasteiger partial charge in [0.1, 0.15) is 0 Å². The molecule has 14 heavy (non-hydrogen) atoms. The van der Waals surface area contributed by atoms with E-state index in [0.29, 0.717) is 11.5 Å². The van der Waals surface area contributed by atoms with Crippen molar-refractivity contribution in [2.24, 2.45) is 0 Å². The van der Waals surface area contributed by atoms with Crippen molar-refractivity contribution in [1.29, 1.82) is 0 Å². The van der Waals surface area contributed by atoms with E-state index in [1.807, 2.05) is 13.8 Å². The van der Waals surface area contributed by atoms with Crippen LogP contribution >= 0.6 is 11.8 Å². The van der Waals surface area contributed by atoms with Crippen LogP contribution in [0.2, 0.25) is 0 Å². The Balaban J connectivity index is 2.82. The van der Waals surface area contributed by atoms with E-state index in [1.165, 1.54) is 16.1 Å². The van der Waals surface area contributed by atoms with Crippen molar-refractivity contribution in [3.63, 3.8) is 0 Å². The molecule has 84 valence electrons. The monoisotopic (exact) mass is 239 g/mol. The normalized spacial score (nSPS) is 29.9. The Labute approximate surface area is 89.7 Å². The second kappa shape index (κ2) is 4.83. The maximum atomic E-state index is 11.7. The average Bonchev–Trinajstić information content (AvgIpc) is 2.05. The predicted molar refractivity (Wildman–Crippen MR) is 59.0 cm³/mol. The highest BCUT2D eigenvalue weighted by Gasteiger charge is 2.28. The van der Waals surface area contributed by atoms with Gasteiger partial charge in [-0.2, -0.15) is 16.1 Å². The second-order valence-corrected chi connectivity index (χ2v) is 6.90. The van der Waals surface area contributed by atoms with E-state index in [2.05, 4.69) is 0 Å². The Bertz CT molecular complexity index is 276. The highest BCUT2D eigenvalue weighted by Crippen LogP contribution is 2.16. The van der Waals surface area contributed by atoms with Gasteiger partial charge in [-0.25, -0.2) is 8.42 Å². The molecule has 0 aromatic carbocycles. The average molecular weight is 239 g/mol. The summed E-state index contributed by atoms with van der Waals surface area (Å²) in [6.45, 7) is 3.89. The van der Waals surface area contributed by atoms with E-state index in [9.17, 15) is 13.5 Å². The molecule has 1 aliphatic rings. The molecule has 1 heterocycles. The van der Waals surface area contributed by atoms with Crippen LogP contribution in [0, 0.1) is 0 Å². The summed E-state index contributed by atoms with van der Waals surface area (Å²) in [5, 5.41) is 9.54. The Morgan fingerprint density at radius 3 is 2.71 bits per heavy atom. The van der Waals surface area contributed by atoms with Crippen molar-refractivity contribution < 1.29 is 13.5 Å². The van der Waals surface area contributed by atoms with Crippen LogP contribution in [0.1, 0.15) is 13.8 Å². The number of aliphatic hydroxyl groups is 1. The number of hydrogen-bond donors (Lipinski definition) is 1. The Morgan fingerprint density at radius 1 is 1.50 bits per heavy atom. The first-order valence-electron chi connectivity index (χ1n) is 4.69. The molecule has 4 nitrogen and oxygen atoms in total. The quantitative estimate of drug-likeness (QED) is 0.707. The topological polar surface area (TPSA) is 57.6 Å². The predicted octanol–water partition coefficient (Wildman–Crippen LogP) is 0.134. The van der Waals surface area contributed by atoms with Crippen LogP contribution in [0.25, 0.3) is 0 Å². The second-order valence-electron chi connectivity index (χ2n) is 3.71. The van der Waals surface area contributed by atoms with E-state index in [1.54, 1.807) is 0 Å². The van der Waals surface area contributed by atoms with Crippen LogP contribution in [-0.4, -0.2) is 53.8 Å². The van der Waals surface area contributed by atoms with Gasteiger partial charge in [0.2, 0.25) is 10.0 Å². The van der Waals surface area contributed by atoms with Crippen LogP contribution < -0.4 is 0 Å². The van der Waals surface area contributed by atoms with Gasteiger partial charge in [0.15, 0.2) is 0 Å². The molecule has 0 aromatic rings. The maximum absolute atomic E-state index is 11.7. The minimum atomic E-state index is -3.16. The maximum Gasteiger partial charge on any atom is 0.215 e. The van der Waals surface area contributed by atoms with Crippen molar-refractivity contribution in [2.45, 2.75) is 26.0 Å². The fraction of sp³-hybridized carbons (Fsp3) is 1.00. The fourth-order valence-electron chi connectivity index (χ4n) is 1.41. The minimum absolute atomic E-state index is 0.0715. The summed E-state index contributed by atoms with van der Waals surface area (Å²) in [4.78, 5) is 0. The molecule has 1 unspecified atom stereocenters. The third-order valence-electron chi connectivity index (χ3n) is 2.12. The largest absolute Gasteiger partial charge is 0.391 e. The summed E-state index contributed by atoms with van der Waals surface area (Å²) in [5.41, 5.74) is 0. The summed E-state index contributed by atoms with van der Waals surface area (Å²) in [5.74, 6) is 1.38. The number of sulfonamides is 1. The molecular formula is C8H17NO3S2. The molecule has 0 saturated carbocycles. The molecule has 0 amide bonds. The van der Waals surface area contributed by atoms with Gasteiger partial charge >= 0.3 is 0 Å². The molecule has 1 atom stereocenters. The van der Waals surface area contributed by atoms with Gasteiger partial charge < -0.3 is 5.11 Å². The third kappa shape index (κ3) is 3.12. The number of aliphatic hydroxyl groups excluding tert-OH is 1. The van der Waals surface area contributed by atoms with Gasteiger partial charge in [-0.1, -0.05) is 0 Å². The Hall–Kier alpha value is 0.220. The van der Waals surface area contributed by atoms with Crippen molar-refractivity contribution in [2.75, 3.05) is 23.8 Å². The lowest BCUT2D eigenvalue weighted by Gasteiger charge is -2.29. The van der Waals surface area contributed by atoms with Crippen LogP contribution in [0.4, 0.5) is 0 Å². The first-order valence-corrected chi connectivity index (χ1v) is 7.45. The number of nitrogens with zero attached hydrogens (tertiary/aromatic N) is 1. The first kappa shape index (κ1) is 12.3. The minimum Gasteiger partial charge on any atom is -0.391 e. The van der Waals surface area contributed by atoms with Crippen LogP contribution in [0.5, 0.6) is 0 Å². The lowest BCUT2D eigenvalue weighted by atomic mass is 10.3. The zero-order valence-electron chi connectivity index (χ0n) is 8.51. The van der Waals surface area contributed by atoms with Gasteiger partial charge in [-0.3, -0.25) is 0 Å². The summed E-state index contributed by atoms with van der Waals surface area (Å²) in [6.07, 6.45) is -0.544. The van der Waals surface area contributed by atoms with Crippen LogP contribution in [0.15, 0.2) is 0 Å². The lowest BCUT2D eigenvalue weighted by molar-refractivity contribution is 0.156. The zero-order valence-corrected chi connectivity index (χ0v) is 10.1. The molecule has 1 aliphatic heterocycles. The highest BCUT2D eigenvalue weighted by atomic mass is 32.2. The van der Waals surface area contributed by atoms with Crippen molar-refractivity contribution in [1.82, 2.24) is 4.31 Å². The first-order chi connectivity index (χ1) is 6.43. The molecule has 6 heteroatoms. The summed E-state index contributed by atoms with van der Waals surface area (Å²) >= 11 is 1.50. The van der Waals surface area contributed by atoms with Gasteiger partial charge in [-0.15, -0.1) is 0 Å². The highest BCUT2D eigenvalue weighted by molar-refractivity contribution is 8.00. The zero-order chi connectivity index (χ0) is 10.8. The Morgan fingerprint density at radius 2 is 2.14 bits per heavy atom. The molecular weight excluding hydrogens is 222 g/mol. The van der Waals surface area contributed by atoms with Gasteiger partial charge in [0, 0.05) is 24.1 Å². The van der Waals surface area contributed by atoms with E-state index in [0.717, 1.165) is 0 Å². The van der Waals surface area contributed by atoms with Crippen molar-refractivity contribution >= 4 is 21.8 Å². The molecule has 1 rings (SSSR count). The standard InChI is InChI=1S/C8H17NO3S2/c1-7(2)9-5-8(10)6-13-3-4-14(9,11)12/h7-8,10H,3-6H2,1-2H3. The molecule has 0 aromatic heterocycles. The van der Waals surface area contributed by atoms with Crippen molar-refractivity contribution in [3.8, 4) is 0 Å². The molecule has 1 fully saturated rings. The van der Waals surface area contributed by atoms with E-state index >= 15 is 0 Å². The van der Waals surface area contributed by atoms with E-state index in [4.69, 9.17) is 0 Å². The van der Waals surface area contributed by atoms with Crippen LogP contribution in [0.3, 0.4) is 0 Å². The smallest absolute Gasteiger partial charge is 0.215 e. The molecule has 0 radical (unpaired) electrons. The van der Waals surface area contributed by atoms with Gasteiger partial charge in [0.25, 0.3) is 0 Å². The molecule has 0 bridgehead atoms. The van der Waals surface area contributed by atoms with Gasteiger partial charge in [0.05, 0.1) is 11.9 Å². The van der Waals surface area contributed by atoms with Crippen LogP contribution in [-0.2, 0) is 10.0 Å². The summed E-state index contributed by atoms with van der Waals surface area (Å²) in [7, 11) is -3.16. The molecule has 1 N–H and O–H groups in total. The SMILES string of the molecule is CC(C)N1CC(O)CSCCS1(=O)=O. The molecule has 1 saturated heterocycles. The van der Waals surface area contributed by atoms with E-state index < -0.39 is 16.1 Å². The number of hydrogen-bond acceptors (Lipinski definition) is 4.